The van der Waals surface area contributed by atoms with Crippen LogP contribution in [0, 0.1) is 0 Å². The first-order valence-electron chi connectivity index (χ1n) is 3.51. The molecule has 0 fully saturated rings. The molecule has 0 atom stereocenters. The minimum Gasteiger partial charge on any atom is -0.395 e. The van der Waals surface area contributed by atoms with Gasteiger partial charge in [0, 0.05) is 6.54 Å². The quantitative estimate of drug-likeness (QED) is 0.385. The van der Waals surface area contributed by atoms with Crippen molar-refractivity contribution in [1.82, 2.24) is 0 Å². The van der Waals surface area contributed by atoms with Gasteiger partial charge in [0.25, 0.3) is 0 Å². The van der Waals surface area contributed by atoms with Crippen LogP contribution in [0.2, 0.25) is 0 Å². The van der Waals surface area contributed by atoms with Crippen molar-refractivity contribution < 1.29 is 5.11 Å². The highest BCUT2D eigenvalue weighted by atomic mass is 16.3. The summed E-state index contributed by atoms with van der Waals surface area (Å²) in [7, 11) is 0. The Labute approximate surface area is 62.4 Å². The highest BCUT2D eigenvalue weighted by Gasteiger charge is 1.85. The molecular weight excluding hydrogens is 130 g/mol. The molecule has 0 aromatic carbocycles. The topological polar surface area (TPSA) is 98.3 Å². The van der Waals surface area contributed by atoms with Gasteiger partial charge in [0.2, 0.25) is 0 Å². The highest BCUT2D eigenvalue weighted by molar-refractivity contribution is 4.45. The maximum Gasteiger partial charge on any atom is 0.0553 e. The second-order valence-electron chi connectivity index (χ2n) is 1.96. The molecule has 0 heterocycles. The zero-order valence-corrected chi connectivity index (χ0v) is 6.59. The van der Waals surface area contributed by atoms with Crippen molar-refractivity contribution in [2.45, 2.75) is 25.9 Å². The largest absolute Gasteiger partial charge is 0.395 e. The molecule has 0 saturated carbocycles. The molecule has 0 radical (unpaired) electrons. The predicted molar refractivity (Wildman–Crippen MR) is 43.2 cm³/mol. The number of aliphatic hydroxyl groups is 1. The Morgan fingerprint density at radius 3 is 1.80 bits per heavy atom. The molecule has 0 aliphatic rings. The van der Waals surface area contributed by atoms with Crippen LogP contribution in [0.3, 0.4) is 0 Å². The van der Waals surface area contributed by atoms with Gasteiger partial charge in [-0.25, -0.2) is 0 Å². The van der Waals surface area contributed by atoms with E-state index in [0.717, 1.165) is 12.8 Å². The first-order valence-corrected chi connectivity index (χ1v) is 3.51. The van der Waals surface area contributed by atoms with E-state index in [1.54, 1.807) is 0 Å². The van der Waals surface area contributed by atoms with E-state index in [9.17, 15) is 0 Å². The summed E-state index contributed by atoms with van der Waals surface area (Å²) in [6.45, 7) is 2.53. The third kappa shape index (κ3) is 24.9. The third-order valence-electron chi connectivity index (χ3n) is 0.751. The summed E-state index contributed by atoms with van der Waals surface area (Å²) in [5.41, 5.74) is 15.1. The van der Waals surface area contributed by atoms with Crippen LogP contribution in [-0.2, 0) is 0 Å². The summed E-state index contributed by atoms with van der Waals surface area (Å²) in [6.07, 6.45) is 1.91. The highest BCUT2D eigenvalue weighted by Crippen LogP contribution is 1.82. The zero-order chi connectivity index (χ0) is 8.41. The number of hydrogen-bond donors (Lipinski definition) is 4. The smallest absolute Gasteiger partial charge is 0.0553 e. The fourth-order valence-electron chi connectivity index (χ4n) is 0.333. The van der Waals surface area contributed by atoms with Crippen molar-refractivity contribution in [3.05, 3.63) is 0 Å². The van der Waals surface area contributed by atoms with Crippen molar-refractivity contribution in [3.63, 3.8) is 0 Å². The lowest BCUT2D eigenvalue weighted by molar-refractivity contribution is 0.306. The summed E-state index contributed by atoms with van der Waals surface area (Å²) < 4.78 is 0. The summed E-state index contributed by atoms with van der Waals surface area (Å²) in [4.78, 5) is 0. The number of nitrogens with two attached hydrogens (primary N) is 3. The van der Waals surface area contributed by atoms with Crippen LogP contribution in [0.1, 0.15) is 19.8 Å². The molecule has 0 aliphatic heterocycles. The van der Waals surface area contributed by atoms with E-state index in [4.69, 9.17) is 22.3 Å². The van der Waals surface area contributed by atoms with Crippen molar-refractivity contribution in [1.29, 1.82) is 0 Å². The van der Waals surface area contributed by atoms with Crippen molar-refractivity contribution in [2.24, 2.45) is 17.2 Å². The molecule has 4 heteroatoms. The van der Waals surface area contributed by atoms with Crippen LogP contribution in [0.5, 0.6) is 0 Å². The van der Waals surface area contributed by atoms with E-state index in [1.807, 2.05) is 0 Å². The van der Waals surface area contributed by atoms with Crippen LogP contribution in [0.25, 0.3) is 0 Å². The molecule has 0 aliphatic carbocycles. The van der Waals surface area contributed by atoms with Crippen LogP contribution in [0.4, 0.5) is 0 Å². The fourth-order valence-corrected chi connectivity index (χ4v) is 0.333. The maximum atomic E-state index is 7.75. The lowest BCUT2D eigenvalue weighted by atomic mass is 10.3. The monoisotopic (exact) mass is 149 g/mol. The summed E-state index contributed by atoms with van der Waals surface area (Å²) in [5.74, 6) is 0. The van der Waals surface area contributed by atoms with Crippen molar-refractivity contribution >= 4 is 0 Å². The number of hydrogen-bond acceptors (Lipinski definition) is 4. The first-order chi connectivity index (χ1) is 4.68. The Balaban J connectivity index is 0. The SMILES string of the molecule is CCCC(N)N.NCCO. The Kier molecular flexibility index (Phi) is 14.5. The summed E-state index contributed by atoms with van der Waals surface area (Å²) in [5, 5.41) is 7.75. The molecule has 0 unspecified atom stereocenters. The standard InChI is InChI=1S/C4H12N2.C2H7NO/c1-2-3-4(5)6;3-1-2-4/h4H,2-3,5-6H2,1H3;4H,1-3H2. The lowest BCUT2D eigenvalue weighted by Gasteiger charge is -1.97. The molecule has 0 amide bonds. The molecule has 10 heavy (non-hydrogen) atoms. The predicted octanol–water partition coefficient (Wildman–Crippen LogP) is -1.03. The average molecular weight is 149 g/mol. The van der Waals surface area contributed by atoms with E-state index in [2.05, 4.69) is 6.92 Å². The van der Waals surface area contributed by atoms with Crippen LogP contribution in [0.15, 0.2) is 0 Å². The molecule has 7 N–H and O–H groups in total. The van der Waals surface area contributed by atoms with Gasteiger partial charge in [-0.3, -0.25) is 0 Å². The van der Waals surface area contributed by atoms with Gasteiger partial charge < -0.3 is 22.3 Å². The number of rotatable bonds is 3. The van der Waals surface area contributed by atoms with Crippen LogP contribution >= 0.6 is 0 Å². The Bertz CT molecular complexity index is 48.3. The van der Waals surface area contributed by atoms with Gasteiger partial charge in [-0.15, -0.1) is 0 Å². The van der Waals surface area contributed by atoms with Gasteiger partial charge in [0.05, 0.1) is 12.8 Å². The Morgan fingerprint density at radius 2 is 1.80 bits per heavy atom. The normalized spacial score (nSPS) is 9.00. The second-order valence-corrected chi connectivity index (χ2v) is 1.96. The summed E-state index contributed by atoms with van der Waals surface area (Å²) >= 11 is 0. The third-order valence-corrected chi connectivity index (χ3v) is 0.751. The van der Waals surface area contributed by atoms with E-state index in [-0.39, 0.29) is 12.8 Å². The van der Waals surface area contributed by atoms with Crippen LogP contribution in [-0.4, -0.2) is 24.4 Å². The van der Waals surface area contributed by atoms with Gasteiger partial charge in [-0.1, -0.05) is 13.3 Å². The molecular formula is C6H19N3O. The molecule has 4 nitrogen and oxygen atoms in total. The molecule has 0 aromatic heterocycles. The fraction of sp³-hybridized carbons (Fsp3) is 1.00. The average Bonchev–Trinajstić information content (AvgIpc) is 1.89. The molecule has 0 rings (SSSR count). The van der Waals surface area contributed by atoms with Crippen LogP contribution < -0.4 is 17.2 Å². The van der Waals surface area contributed by atoms with Gasteiger partial charge in [0.15, 0.2) is 0 Å². The molecule has 0 saturated heterocycles. The van der Waals surface area contributed by atoms with E-state index < -0.39 is 0 Å². The molecule has 64 valence electrons. The minimum atomic E-state index is -0.102. The Morgan fingerprint density at radius 1 is 1.40 bits per heavy atom. The van der Waals surface area contributed by atoms with E-state index in [0.29, 0.717) is 6.54 Å². The molecule has 0 spiro atoms. The first kappa shape index (κ1) is 12.5. The van der Waals surface area contributed by atoms with Crippen molar-refractivity contribution in [3.8, 4) is 0 Å². The Hall–Kier alpha value is -0.160. The summed E-state index contributed by atoms with van der Waals surface area (Å²) in [6, 6.07) is 0. The second kappa shape index (κ2) is 11.6. The lowest BCUT2D eigenvalue weighted by Crippen LogP contribution is -2.29. The van der Waals surface area contributed by atoms with E-state index in [1.165, 1.54) is 0 Å². The molecule has 0 aromatic rings. The zero-order valence-electron chi connectivity index (χ0n) is 6.59. The van der Waals surface area contributed by atoms with Gasteiger partial charge in [0.1, 0.15) is 0 Å². The van der Waals surface area contributed by atoms with Gasteiger partial charge >= 0.3 is 0 Å². The van der Waals surface area contributed by atoms with Crippen molar-refractivity contribution in [2.75, 3.05) is 13.2 Å². The van der Waals surface area contributed by atoms with E-state index >= 15 is 0 Å². The number of aliphatic hydroxyl groups excluding tert-OH is 1. The minimum absolute atomic E-state index is 0.0972. The molecule has 0 bridgehead atoms. The van der Waals surface area contributed by atoms with Gasteiger partial charge in [-0.05, 0) is 6.42 Å². The maximum absolute atomic E-state index is 7.75. The van der Waals surface area contributed by atoms with Gasteiger partial charge in [-0.2, -0.15) is 0 Å².